The van der Waals surface area contributed by atoms with Crippen molar-refractivity contribution in [3.05, 3.63) is 77.7 Å². The molecule has 2 aliphatic heterocycles. The first-order valence-electron chi connectivity index (χ1n) is 13.0. The Labute approximate surface area is 214 Å². The topological polar surface area (TPSA) is 70.5 Å². The summed E-state index contributed by atoms with van der Waals surface area (Å²) in [6.45, 7) is 5.67. The maximum absolute atomic E-state index is 12.8. The zero-order chi connectivity index (χ0) is 24.9. The van der Waals surface area contributed by atoms with Crippen molar-refractivity contribution in [1.29, 1.82) is 0 Å². The van der Waals surface area contributed by atoms with Crippen LogP contribution in [0.3, 0.4) is 0 Å². The van der Waals surface area contributed by atoms with Gasteiger partial charge in [0.1, 0.15) is 0 Å². The molecule has 2 fully saturated rings. The number of imidazole rings is 1. The molecule has 1 aromatic heterocycles. The second kappa shape index (κ2) is 9.01. The highest BCUT2D eigenvalue weighted by atomic mass is 32.2. The molecule has 1 aliphatic carbocycles. The Morgan fingerprint density at radius 2 is 1.89 bits per heavy atom. The van der Waals surface area contributed by atoms with Gasteiger partial charge in [-0.05, 0) is 74.5 Å². The van der Waals surface area contributed by atoms with Crippen molar-refractivity contribution >= 4 is 15.7 Å². The normalized spacial score (nSPS) is 23.6. The van der Waals surface area contributed by atoms with Crippen LogP contribution in [0.15, 0.2) is 66.1 Å². The Morgan fingerprint density at radius 3 is 2.56 bits per heavy atom. The summed E-state index contributed by atoms with van der Waals surface area (Å²) in [4.78, 5) is 8.99. The molecule has 7 nitrogen and oxygen atoms in total. The van der Waals surface area contributed by atoms with Crippen molar-refractivity contribution in [3.63, 3.8) is 0 Å². The molecular weight excluding hydrogens is 470 g/mol. The highest BCUT2D eigenvalue weighted by Gasteiger charge is 2.43. The summed E-state index contributed by atoms with van der Waals surface area (Å²) in [7, 11) is -1.88. The minimum Gasteiger partial charge on any atom is -0.368 e. The van der Waals surface area contributed by atoms with Crippen LogP contribution in [0.2, 0.25) is 0 Å². The predicted octanol–water partition coefficient (Wildman–Crippen LogP) is 3.32. The summed E-state index contributed by atoms with van der Waals surface area (Å²) in [5, 5.41) is 0.0687. The van der Waals surface area contributed by atoms with Crippen LogP contribution < -0.4 is 9.62 Å². The van der Waals surface area contributed by atoms with Crippen molar-refractivity contribution in [2.24, 2.45) is 7.05 Å². The van der Waals surface area contributed by atoms with Gasteiger partial charge in [-0.2, -0.15) is 0 Å². The van der Waals surface area contributed by atoms with E-state index in [-0.39, 0.29) is 5.03 Å². The summed E-state index contributed by atoms with van der Waals surface area (Å²) in [6, 6.07) is 18.4. The molecule has 0 amide bonds. The van der Waals surface area contributed by atoms with Gasteiger partial charge >= 0.3 is 0 Å². The van der Waals surface area contributed by atoms with Crippen LogP contribution in [0.25, 0.3) is 0 Å². The smallest absolute Gasteiger partial charge is 0.260 e. The lowest BCUT2D eigenvalue weighted by molar-refractivity contribution is 0.0877. The summed E-state index contributed by atoms with van der Waals surface area (Å²) in [6.07, 6.45) is 7.76. The Balaban J connectivity index is 1.22. The van der Waals surface area contributed by atoms with E-state index in [1.807, 2.05) is 6.92 Å². The lowest BCUT2D eigenvalue weighted by Crippen LogP contribution is -2.68. The molecule has 3 heterocycles. The van der Waals surface area contributed by atoms with Crippen molar-refractivity contribution in [1.82, 2.24) is 19.2 Å². The second-order valence-corrected chi connectivity index (χ2v) is 12.7. The van der Waals surface area contributed by atoms with E-state index in [9.17, 15) is 8.42 Å². The SMILES string of the molecule is Cn1cnc(S(=O)(=O)NC2(C)CN(c3ccc4c(c3)[C@@H](Cc3ccccc3)[C@@H](N3CCC3)CC4)C2)c1. The third-order valence-corrected chi connectivity index (χ3v) is 9.67. The molecule has 8 heteroatoms. The minimum atomic E-state index is -3.65. The Hall–Kier alpha value is -2.68. The third-order valence-electron chi connectivity index (χ3n) is 8.14. The van der Waals surface area contributed by atoms with Crippen LogP contribution in [-0.4, -0.2) is 60.6 Å². The number of aromatic nitrogens is 2. The van der Waals surface area contributed by atoms with Gasteiger partial charge in [0.25, 0.3) is 10.0 Å². The monoisotopic (exact) mass is 505 g/mol. The van der Waals surface area contributed by atoms with E-state index in [1.165, 1.54) is 60.8 Å². The van der Waals surface area contributed by atoms with E-state index in [2.05, 4.69) is 68.0 Å². The average Bonchev–Trinajstić information content (AvgIpc) is 3.25. The number of rotatable bonds is 7. The largest absolute Gasteiger partial charge is 0.368 e. The molecule has 1 N–H and O–H groups in total. The molecule has 2 saturated heterocycles. The number of nitrogens with one attached hydrogen (secondary N) is 1. The fourth-order valence-electron chi connectivity index (χ4n) is 6.23. The lowest BCUT2D eigenvalue weighted by Gasteiger charge is -2.50. The number of aryl methyl sites for hydroxylation is 2. The first-order chi connectivity index (χ1) is 17.3. The summed E-state index contributed by atoms with van der Waals surface area (Å²) in [5.74, 6) is 0.478. The van der Waals surface area contributed by atoms with Gasteiger partial charge in [0, 0.05) is 44.0 Å². The zero-order valence-corrected chi connectivity index (χ0v) is 21.9. The molecular formula is C28H35N5O2S. The fourth-order valence-corrected chi connectivity index (χ4v) is 7.61. The van der Waals surface area contributed by atoms with Gasteiger partial charge in [0.2, 0.25) is 0 Å². The number of nitrogens with zero attached hydrogens (tertiary/aromatic N) is 4. The average molecular weight is 506 g/mol. The predicted molar refractivity (Wildman–Crippen MR) is 142 cm³/mol. The molecule has 0 radical (unpaired) electrons. The molecule has 6 rings (SSSR count). The Bertz CT molecular complexity index is 1340. The molecule has 3 aliphatic rings. The molecule has 36 heavy (non-hydrogen) atoms. The quantitative estimate of drug-likeness (QED) is 0.534. The van der Waals surface area contributed by atoms with E-state index in [0.717, 1.165) is 12.8 Å². The van der Waals surface area contributed by atoms with Gasteiger partial charge in [-0.15, -0.1) is 0 Å². The minimum absolute atomic E-state index is 0.0687. The molecule has 2 atom stereocenters. The molecule has 190 valence electrons. The molecule has 0 saturated carbocycles. The van der Waals surface area contributed by atoms with Gasteiger partial charge in [0.05, 0.1) is 11.9 Å². The molecule has 0 spiro atoms. The van der Waals surface area contributed by atoms with Crippen LogP contribution in [0, 0.1) is 0 Å². The van der Waals surface area contributed by atoms with Crippen LogP contribution in [0.1, 0.15) is 42.4 Å². The van der Waals surface area contributed by atoms with Crippen LogP contribution in [0.5, 0.6) is 0 Å². The van der Waals surface area contributed by atoms with Crippen molar-refractivity contribution in [2.75, 3.05) is 31.1 Å². The van der Waals surface area contributed by atoms with E-state index >= 15 is 0 Å². The van der Waals surface area contributed by atoms with Gasteiger partial charge in [-0.1, -0.05) is 36.4 Å². The van der Waals surface area contributed by atoms with Gasteiger partial charge in [-0.3, -0.25) is 4.90 Å². The van der Waals surface area contributed by atoms with E-state index in [1.54, 1.807) is 11.6 Å². The number of benzene rings is 2. The Morgan fingerprint density at radius 1 is 1.11 bits per heavy atom. The highest BCUT2D eigenvalue weighted by molar-refractivity contribution is 7.89. The van der Waals surface area contributed by atoms with Gasteiger partial charge < -0.3 is 9.47 Å². The molecule has 3 aromatic rings. The fraction of sp³-hybridized carbons (Fsp3) is 0.464. The lowest BCUT2D eigenvalue weighted by atomic mass is 9.74. The van der Waals surface area contributed by atoms with Crippen molar-refractivity contribution in [3.8, 4) is 0 Å². The van der Waals surface area contributed by atoms with Crippen LogP contribution in [-0.2, 0) is 29.9 Å². The molecule has 0 bridgehead atoms. The van der Waals surface area contributed by atoms with Crippen LogP contribution >= 0.6 is 0 Å². The zero-order valence-electron chi connectivity index (χ0n) is 21.1. The number of anilines is 1. The first-order valence-corrected chi connectivity index (χ1v) is 14.5. The van der Waals surface area contributed by atoms with E-state index < -0.39 is 15.6 Å². The Kier molecular flexibility index (Phi) is 5.93. The van der Waals surface area contributed by atoms with Crippen molar-refractivity contribution < 1.29 is 8.42 Å². The second-order valence-electron chi connectivity index (χ2n) is 11.1. The number of fused-ring (bicyclic) bond motifs is 1. The molecule has 0 unspecified atom stereocenters. The maximum Gasteiger partial charge on any atom is 0.260 e. The summed E-state index contributed by atoms with van der Waals surface area (Å²) >= 11 is 0. The summed E-state index contributed by atoms with van der Waals surface area (Å²) < 4.78 is 30.2. The van der Waals surface area contributed by atoms with Crippen LogP contribution in [0.4, 0.5) is 5.69 Å². The summed E-state index contributed by atoms with van der Waals surface area (Å²) in [5.41, 5.74) is 5.01. The number of likely N-dealkylation sites (tertiary alicyclic amines) is 1. The van der Waals surface area contributed by atoms with Gasteiger partial charge in [-0.25, -0.2) is 18.1 Å². The first kappa shape index (κ1) is 23.7. The number of hydrogen-bond acceptors (Lipinski definition) is 5. The van der Waals surface area contributed by atoms with Gasteiger partial charge in [0.15, 0.2) is 5.03 Å². The maximum atomic E-state index is 12.8. The van der Waals surface area contributed by atoms with Crippen molar-refractivity contribution in [2.45, 2.75) is 55.1 Å². The van der Waals surface area contributed by atoms with E-state index in [4.69, 9.17) is 0 Å². The molecule has 2 aromatic carbocycles. The standard InChI is InChI=1S/C28H35N5O2S/c1-28(30-36(34,35)27-17-31(2)20-29-27)18-33(19-28)23-11-9-22-10-12-26(32-13-6-14-32)25(24(22)16-23)15-21-7-4-3-5-8-21/h3-5,7-9,11,16-17,20,25-26,30H,6,10,12-15,18-19H2,1-2H3/t25-,26+/m1/s1. The number of sulfonamides is 1. The highest BCUT2D eigenvalue weighted by Crippen LogP contribution is 2.41. The van der Waals surface area contributed by atoms with E-state index in [0.29, 0.717) is 25.0 Å². The third kappa shape index (κ3) is 4.46. The number of hydrogen-bond donors (Lipinski definition) is 1.